The van der Waals surface area contributed by atoms with Gasteiger partial charge in [0, 0.05) is 11.4 Å². The lowest BCUT2D eigenvalue weighted by Crippen LogP contribution is -2.27. The zero-order valence-electron chi connectivity index (χ0n) is 14.8. The highest BCUT2D eigenvalue weighted by Gasteiger charge is 2.19. The first-order valence-corrected chi connectivity index (χ1v) is 9.00. The fourth-order valence-electron chi connectivity index (χ4n) is 2.70. The van der Waals surface area contributed by atoms with Gasteiger partial charge in [-0.15, -0.1) is 21.5 Å². The number of likely N-dealkylation sites (N-methyl/N-ethyl adjacent to an activating group) is 1. The molecule has 0 bridgehead atoms. The molecule has 1 atom stereocenters. The van der Waals surface area contributed by atoms with Crippen LogP contribution in [0.3, 0.4) is 0 Å². The second-order valence-electron chi connectivity index (χ2n) is 6.56. The third-order valence-electron chi connectivity index (χ3n) is 4.19. The number of aryl methyl sites for hydroxylation is 1. The first-order chi connectivity index (χ1) is 11.5. The predicted octanol–water partition coefficient (Wildman–Crippen LogP) is 3.33. The fraction of sp³-hybridized carbons (Fsp3) is 0.471. The molecule has 0 aliphatic rings. The highest BCUT2D eigenvalue weighted by Crippen LogP contribution is 2.28. The molecule has 1 unspecified atom stereocenters. The van der Waals surface area contributed by atoms with Gasteiger partial charge in [-0.05, 0) is 50.0 Å². The van der Waals surface area contributed by atoms with Gasteiger partial charge in [-0.1, -0.05) is 13.8 Å². The molecule has 1 N–H and O–H groups in total. The van der Waals surface area contributed by atoms with Crippen molar-refractivity contribution in [2.45, 2.75) is 32.7 Å². The first kappa shape index (κ1) is 16.9. The predicted molar refractivity (Wildman–Crippen MR) is 98.8 cm³/mol. The van der Waals surface area contributed by atoms with E-state index < -0.39 is 0 Å². The third-order valence-corrected chi connectivity index (χ3v) is 5.31. The van der Waals surface area contributed by atoms with Crippen LogP contribution in [0.15, 0.2) is 23.8 Å². The van der Waals surface area contributed by atoms with E-state index in [-0.39, 0.29) is 0 Å². The summed E-state index contributed by atoms with van der Waals surface area (Å²) in [6, 6.07) is 4.57. The van der Waals surface area contributed by atoms with E-state index >= 15 is 0 Å². The van der Waals surface area contributed by atoms with E-state index in [0.717, 1.165) is 23.6 Å². The largest absolute Gasteiger partial charge is 0.380 e. The summed E-state index contributed by atoms with van der Waals surface area (Å²) in [4.78, 5) is 3.64. The zero-order chi connectivity index (χ0) is 17.3. The van der Waals surface area contributed by atoms with Gasteiger partial charge >= 0.3 is 0 Å². The first-order valence-electron chi connectivity index (χ1n) is 8.12. The lowest BCUT2D eigenvalue weighted by molar-refractivity contribution is 0.315. The minimum atomic E-state index is 0.309. The van der Waals surface area contributed by atoms with Gasteiger partial charge in [-0.3, -0.25) is 0 Å². The summed E-state index contributed by atoms with van der Waals surface area (Å²) in [5.74, 6) is 0.349. The van der Waals surface area contributed by atoms with Crippen molar-refractivity contribution in [3.05, 3.63) is 40.0 Å². The maximum atomic E-state index is 4.56. The average Bonchev–Trinajstić information content (AvgIpc) is 3.16. The maximum Gasteiger partial charge on any atom is 0.200 e. The number of thiophene rings is 1. The molecular formula is C17H24N6S. The second-order valence-corrected chi connectivity index (χ2v) is 7.51. The van der Waals surface area contributed by atoms with Crippen LogP contribution < -0.4 is 5.32 Å². The molecule has 0 fully saturated rings. The molecule has 6 nitrogen and oxygen atoms in total. The second kappa shape index (κ2) is 6.86. The smallest absolute Gasteiger partial charge is 0.200 e. The van der Waals surface area contributed by atoms with Crippen LogP contribution in [0.4, 0.5) is 5.69 Å². The summed E-state index contributed by atoms with van der Waals surface area (Å²) in [5.41, 5.74) is 4.11. The highest BCUT2D eigenvalue weighted by atomic mass is 32.1. The van der Waals surface area contributed by atoms with Crippen molar-refractivity contribution < 1.29 is 0 Å². The summed E-state index contributed by atoms with van der Waals surface area (Å²) in [5, 5.41) is 18.5. The van der Waals surface area contributed by atoms with E-state index in [9.17, 15) is 0 Å². The van der Waals surface area contributed by atoms with Crippen molar-refractivity contribution >= 4 is 22.7 Å². The van der Waals surface area contributed by atoms with Gasteiger partial charge in [0.15, 0.2) is 0 Å². The van der Waals surface area contributed by atoms with Crippen LogP contribution in [-0.2, 0) is 0 Å². The maximum absolute atomic E-state index is 4.56. The monoisotopic (exact) mass is 344 g/mol. The van der Waals surface area contributed by atoms with Crippen LogP contribution >= 0.6 is 11.3 Å². The molecule has 0 radical (unpaired) electrons. The van der Waals surface area contributed by atoms with Crippen LogP contribution in [0.25, 0.3) is 5.65 Å². The van der Waals surface area contributed by atoms with Crippen molar-refractivity contribution in [3.63, 3.8) is 0 Å². The van der Waals surface area contributed by atoms with Crippen LogP contribution in [-0.4, -0.2) is 45.4 Å². The number of fused-ring (bicyclic) bond motifs is 1. The third kappa shape index (κ3) is 3.27. The van der Waals surface area contributed by atoms with E-state index in [0.29, 0.717) is 12.0 Å². The molecule has 3 rings (SSSR count). The van der Waals surface area contributed by atoms with Crippen molar-refractivity contribution in [2.24, 2.45) is 0 Å². The van der Waals surface area contributed by atoms with Gasteiger partial charge in [0.25, 0.3) is 0 Å². The Bertz CT molecular complexity index is 819. The van der Waals surface area contributed by atoms with Crippen molar-refractivity contribution in [2.75, 3.05) is 26.0 Å². The number of nitrogens with zero attached hydrogens (tertiary/aromatic N) is 5. The van der Waals surface area contributed by atoms with Gasteiger partial charge in [0.05, 0.1) is 17.4 Å². The van der Waals surface area contributed by atoms with Crippen LogP contribution in [0.1, 0.15) is 41.9 Å². The highest BCUT2D eigenvalue weighted by molar-refractivity contribution is 7.10. The number of rotatable bonds is 6. The van der Waals surface area contributed by atoms with Gasteiger partial charge in [-0.2, -0.15) is 9.61 Å². The van der Waals surface area contributed by atoms with Crippen LogP contribution in [0.5, 0.6) is 0 Å². The van der Waals surface area contributed by atoms with E-state index in [2.05, 4.69) is 77.9 Å². The van der Waals surface area contributed by atoms with E-state index in [1.54, 1.807) is 10.8 Å². The lowest BCUT2D eigenvalue weighted by Gasteiger charge is -2.25. The van der Waals surface area contributed by atoms with Crippen LogP contribution in [0.2, 0.25) is 0 Å². The lowest BCUT2D eigenvalue weighted by atomic mass is 10.1. The molecular weight excluding hydrogens is 320 g/mol. The Morgan fingerprint density at radius 1 is 1.33 bits per heavy atom. The molecule has 0 amide bonds. The molecule has 3 aromatic heterocycles. The fourth-order valence-corrected chi connectivity index (χ4v) is 3.82. The molecule has 0 aromatic carbocycles. The Kier molecular flexibility index (Phi) is 4.82. The number of anilines is 1. The van der Waals surface area contributed by atoms with Gasteiger partial charge in [0.1, 0.15) is 6.33 Å². The SMILES string of the molecule is Cc1ccsc1C(CNc1cc(C(C)C)nn2cnnc12)N(C)C. The summed E-state index contributed by atoms with van der Waals surface area (Å²) in [6.07, 6.45) is 1.65. The molecule has 3 aromatic rings. The van der Waals surface area contributed by atoms with Gasteiger partial charge in [0.2, 0.25) is 5.65 Å². The molecule has 0 aliphatic carbocycles. The molecule has 3 heterocycles. The van der Waals surface area contributed by atoms with E-state index in [1.165, 1.54) is 10.4 Å². The average molecular weight is 344 g/mol. The Hall–Kier alpha value is -1.99. The molecule has 0 saturated heterocycles. The zero-order valence-corrected chi connectivity index (χ0v) is 15.6. The van der Waals surface area contributed by atoms with Crippen molar-refractivity contribution in [1.29, 1.82) is 0 Å². The van der Waals surface area contributed by atoms with Crippen molar-refractivity contribution in [3.8, 4) is 0 Å². The summed E-state index contributed by atoms with van der Waals surface area (Å²) >= 11 is 1.81. The summed E-state index contributed by atoms with van der Waals surface area (Å²) in [7, 11) is 4.23. The minimum Gasteiger partial charge on any atom is -0.380 e. The van der Waals surface area contributed by atoms with E-state index in [4.69, 9.17) is 0 Å². The molecule has 7 heteroatoms. The van der Waals surface area contributed by atoms with Gasteiger partial charge in [-0.25, -0.2) is 0 Å². The summed E-state index contributed by atoms with van der Waals surface area (Å²) in [6.45, 7) is 7.25. The van der Waals surface area contributed by atoms with Crippen LogP contribution in [0, 0.1) is 6.92 Å². The molecule has 0 saturated carbocycles. The minimum absolute atomic E-state index is 0.309. The normalized spacial score (nSPS) is 13.1. The molecule has 0 aliphatic heterocycles. The quantitative estimate of drug-likeness (QED) is 0.743. The van der Waals surface area contributed by atoms with Crippen molar-refractivity contribution in [1.82, 2.24) is 24.7 Å². The Morgan fingerprint density at radius 3 is 2.75 bits per heavy atom. The van der Waals surface area contributed by atoms with Gasteiger partial charge < -0.3 is 10.2 Å². The van der Waals surface area contributed by atoms with E-state index in [1.807, 2.05) is 11.3 Å². The summed E-state index contributed by atoms with van der Waals surface area (Å²) < 4.78 is 1.75. The number of hydrogen-bond donors (Lipinski definition) is 1. The molecule has 128 valence electrons. The molecule has 0 spiro atoms. The Balaban J connectivity index is 1.89. The Labute approximate surface area is 146 Å². The molecule has 24 heavy (non-hydrogen) atoms. The number of aromatic nitrogens is 4. The Morgan fingerprint density at radius 2 is 2.12 bits per heavy atom. The topological polar surface area (TPSA) is 58.4 Å². The number of nitrogens with one attached hydrogen (secondary N) is 1. The number of hydrogen-bond acceptors (Lipinski definition) is 6. The standard InChI is InChI=1S/C17H24N6S/c1-11(2)13-8-14(17-20-19-10-23(17)21-13)18-9-15(22(4)5)16-12(3)6-7-24-16/h6-8,10-11,15,18H,9H2,1-5H3.